The van der Waals surface area contributed by atoms with Crippen LogP contribution in [0.15, 0.2) is 53.0 Å². The van der Waals surface area contributed by atoms with Crippen LogP contribution in [0.25, 0.3) is 0 Å². The summed E-state index contributed by atoms with van der Waals surface area (Å²) in [6, 6.07) is 12.4. The Kier molecular flexibility index (Phi) is 6.04. The molecule has 148 valence electrons. The third-order valence-corrected chi connectivity index (χ3v) is 6.63. The fourth-order valence-corrected chi connectivity index (χ4v) is 5.13. The van der Waals surface area contributed by atoms with Gasteiger partial charge in [0.1, 0.15) is 11.3 Å². The number of rotatable bonds is 5. The largest absolute Gasteiger partial charge is 0.507 e. The number of para-hydroxylation sites is 1. The molecule has 1 atom stereocenters. The summed E-state index contributed by atoms with van der Waals surface area (Å²) in [6.07, 6.45) is 0.323. The van der Waals surface area contributed by atoms with Gasteiger partial charge in [-0.25, -0.2) is 13.2 Å². The van der Waals surface area contributed by atoms with E-state index in [9.17, 15) is 23.1 Å². The second-order valence-electron chi connectivity index (χ2n) is 6.39. The number of hydrogen-bond donors (Lipinski definition) is 1. The van der Waals surface area contributed by atoms with Crippen LogP contribution in [0.3, 0.4) is 0 Å². The van der Waals surface area contributed by atoms with Crippen LogP contribution < -0.4 is 4.90 Å². The van der Waals surface area contributed by atoms with Crippen molar-refractivity contribution in [2.24, 2.45) is 0 Å². The van der Waals surface area contributed by atoms with E-state index < -0.39 is 34.4 Å². The predicted octanol–water partition coefficient (Wildman–Crippen LogP) is 2.53. The molecule has 1 fully saturated rings. The first-order valence-corrected chi connectivity index (χ1v) is 11.1. The molecule has 1 amide bonds. The Morgan fingerprint density at radius 2 is 1.89 bits per heavy atom. The Bertz CT molecular complexity index is 993. The summed E-state index contributed by atoms with van der Waals surface area (Å²) in [6.45, 7) is -0.573. The van der Waals surface area contributed by atoms with Gasteiger partial charge < -0.3 is 14.7 Å². The van der Waals surface area contributed by atoms with Gasteiger partial charge in [0.25, 0.3) is 5.91 Å². The molecule has 7 nitrogen and oxygen atoms in total. The van der Waals surface area contributed by atoms with Gasteiger partial charge in [0.15, 0.2) is 16.4 Å². The topological polar surface area (TPSA) is 101 Å². The first-order valence-electron chi connectivity index (χ1n) is 8.50. The first-order chi connectivity index (χ1) is 13.3. The Balaban J connectivity index is 1.76. The summed E-state index contributed by atoms with van der Waals surface area (Å²) >= 11 is 3.20. The number of phenols is 1. The van der Waals surface area contributed by atoms with Crippen molar-refractivity contribution in [2.45, 2.75) is 12.5 Å². The number of carbonyl (C=O) groups excluding carboxylic acids is 2. The van der Waals surface area contributed by atoms with Crippen LogP contribution in [0.4, 0.5) is 5.69 Å². The van der Waals surface area contributed by atoms with E-state index in [4.69, 9.17) is 4.74 Å². The Labute approximate surface area is 171 Å². The fourth-order valence-electron chi connectivity index (χ4n) is 3.07. The Morgan fingerprint density at radius 3 is 2.54 bits per heavy atom. The van der Waals surface area contributed by atoms with Crippen molar-refractivity contribution in [3.63, 3.8) is 0 Å². The van der Waals surface area contributed by atoms with Gasteiger partial charge in [0, 0.05) is 10.2 Å². The molecule has 28 heavy (non-hydrogen) atoms. The second kappa shape index (κ2) is 8.32. The third kappa shape index (κ3) is 4.71. The molecule has 3 rings (SSSR count). The molecular formula is C19H18BrNO6S. The van der Waals surface area contributed by atoms with Gasteiger partial charge in [-0.05, 0) is 36.8 Å². The van der Waals surface area contributed by atoms with E-state index in [-0.39, 0.29) is 22.8 Å². The number of anilines is 1. The SMILES string of the molecule is O=C(OCC(=O)N(c1ccccc1)C1CCS(=O)(=O)C1)c1cc(Br)ccc1O. The van der Waals surface area contributed by atoms with Crippen molar-refractivity contribution in [3.05, 3.63) is 58.6 Å². The lowest BCUT2D eigenvalue weighted by Crippen LogP contribution is -2.43. The van der Waals surface area contributed by atoms with Crippen molar-refractivity contribution in [1.82, 2.24) is 0 Å². The number of nitrogens with zero attached hydrogens (tertiary/aromatic N) is 1. The van der Waals surface area contributed by atoms with Crippen molar-refractivity contribution in [1.29, 1.82) is 0 Å². The zero-order chi connectivity index (χ0) is 20.3. The number of ether oxygens (including phenoxy) is 1. The van der Waals surface area contributed by atoms with E-state index in [0.29, 0.717) is 16.6 Å². The molecule has 1 saturated heterocycles. The summed E-state index contributed by atoms with van der Waals surface area (Å²) in [7, 11) is -3.21. The fraction of sp³-hybridized carbons (Fsp3) is 0.263. The normalized spacial score (nSPS) is 17.8. The highest BCUT2D eigenvalue weighted by molar-refractivity contribution is 9.10. The molecule has 1 N–H and O–H groups in total. The van der Waals surface area contributed by atoms with Crippen LogP contribution in [0.5, 0.6) is 5.75 Å². The average molecular weight is 468 g/mol. The lowest BCUT2D eigenvalue weighted by Gasteiger charge is -2.28. The van der Waals surface area contributed by atoms with Crippen molar-refractivity contribution in [3.8, 4) is 5.75 Å². The number of aromatic hydroxyl groups is 1. The molecular weight excluding hydrogens is 450 g/mol. The summed E-state index contributed by atoms with van der Waals surface area (Å²) in [5.74, 6) is -1.76. The van der Waals surface area contributed by atoms with E-state index >= 15 is 0 Å². The molecule has 0 bridgehead atoms. The van der Waals surface area contributed by atoms with E-state index in [1.165, 1.54) is 17.0 Å². The minimum absolute atomic E-state index is 0.0139. The molecule has 1 unspecified atom stereocenters. The van der Waals surface area contributed by atoms with E-state index in [2.05, 4.69) is 15.9 Å². The number of carbonyl (C=O) groups is 2. The molecule has 0 aliphatic carbocycles. The molecule has 0 spiro atoms. The summed E-state index contributed by atoms with van der Waals surface area (Å²) in [4.78, 5) is 26.4. The number of benzene rings is 2. The molecule has 1 heterocycles. The quantitative estimate of drug-likeness (QED) is 0.677. The maximum Gasteiger partial charge on any atom is 0.342 e. The van der Waals surface area contributed by atoms with Crippen molar-refractivity contribution < 1.29 is 27.9 Å². The van der Waals surface area contributed by atoms with E-state index in [0.717, 1.165) is 0 Å². The van der Waals surface area contributed by atoms with Crippen LogP contribution in [-0.4, -0.2) is 49.6 Å². The number of esters is 1. The Hall–Kier alpha value is -2.39. The van der Waals surface area contributed by atoms with Crippen LogP contribution in [0.2, 0.25) is 0 Å². The maximum atomic E-state index is 12.8. The van der Waals surface area contributed by atoms with Crippen LogP contribution in [0.1, 0.15) is 16.8 Å². The molecule has 0 aromatic heterocycles. The van der Waals surface area contributed by atoms with Crippen LogP contribution in [0, 0.1) is 0 Å². The summed E-state index contributed by atoms with van der Waals surface area (Å²) in [5.41, 5.74) is 0.466. The zero-order valence-corrected chi connectivity index (χ0v) is 17.1. The lowest BCUT2D eigenvalue weighted by atomic mass is 10.2. The monoisotopic (exact) mass is 467 g/mol. The average Bonchev–Trinajstić information content (AvgIpc) is 3.02. The van der Waals surface area contributed by atoms with Gasteiger partial charge in [-0.15, -0.1) is 0 Å². The molecule has 1 aliphatic rings. The van der Waals surface area contributed by atoms with Crippen molar-refractivity contribution in [2.75, 3.05) is 23.0 Å². The van der Waals surface area contributed by atoms with Crippen LogP contribution in [-0.2, 0) is 19.4 Å². The number of halogens is 1. The Morgan fingerprint density at radius 1 is 1.18 bits per heavy atom. The molecule has 2 aromatic carbocycles. The highest BCUT2D eigenvalue weighted by Gasteiger charge is 2.35. The minimum atomic E-state index is -3.21. The number of phenolic OH excluding ortho intramolecular Hbond substituents is 1. The predicted molar refractivity (Wildman–Crippen MR) is 107 cm³/mol. The van der Waals surface area contributed by atoms with Gasteiger partial charge in [0.05, 0.1) is 17.5 Å². The molecule has 0 saturated carbocycles. The summed E-state index contributed by atoms with van der Waals surface area (Å²) < 4.78 is 29.4. The third-order valence-electron chi connectivity index (χ3n) is 4.38. The van der Waals surface area contributed by atoms with Crippen molar-refractivity contribution >= 4 is 43.3 Å². The molecule has 2 aromatic rings. The zero-order valence-electron chi connectivity index (χ0n) is 14.7. The van der Waals surface area contributed by atoms with Gasteiger partial charge in [0.2, 0.25) is 0 Å². The number of amides is 1. The smallest absolute Gasteiger partial charge is 0.342 e. The van der Waals surface area contributed by atoms with E-state index in [1.807, 2.05) is 0 Å². The van der Waals surface area contributed by atoms with Gasteiger partial charge in [-0.3, -0.25) is 4.79 Å². The number of hydrogen-bond acceptors (Lipinski definition) is 6. The van der Waals surface area contributed by atoms with Gasteiger partial charge in [-0.2, -0.15) is 0 Å². The van der Waals surface area contributed by atoms with Gasteiger partial charge >= 0.3 is 5.97 Å². The van der Waals surface area contributed by atoms with E-state index in [1.54, 1.807) is 36.4 Å². The number of sulfone groups is 1. The lowest BCUT2D eigenvalue weighted by molar-refractivity contribution is -0.122. The first kappa shape index (κ1) is 20.3. The molecule has 1 aliphatic heterocycles. The second-order valence-corrected chi connectivity index (χ2v) is 9.54. The highest BCUT2D eigenvalue weighted by Crippen LogP contribution is 2.25. The standard InChI is InChI=1S/C19H18BrNO6S/c20-13-6-7-17(22)16(10-13)19(24)27-11-18(23)21(14-4-2-1-3-5-14)15-8-9-28(25,26)12-15/h1-7,10,15,22H,8-9,11-12H2. The maximum absolute atomic E-state index is 12.8. The molecule has 0 radical (unpaired) electrons. The van der Waals surface area contributed by atoms with Gasteiger partial charge in [-0.1, -0.05) is 34.1 Å². The minimum Gasteiger partial charge on any atom is -0.507 e. The molecule has 9 heteroatoms. The highest BCUT2D eigenvalue weighted by atomic mass is 79.9. The van der Waals surface area contributed by atoms with Crippen LogP contribution >= 0.6 is 15.9 Å². The summed E-state index contributed by atoms with van der Waals surface area (Å²) in [5, 5.41) is 9.80.